The van der Waals surface area contributed by atoms with Gasteiger partial charge in [-0.15, -0.1) is 0 Å². The van der Waals surface area contributed by atoms with Crippen molar-refractivity contribution in [3.63, 3.8) is 0 Å². The Balaban J connectivity index is 2.26. The van der Waals surface area contributed by atoms with E-state index in [1.165, 1.54) is 0 Å². The Morgan fingerprint density at radius 1 is 1.31 bits per heavy atom. The fourth-order valence-electron chi connectivity index (χ4n) is 3.85. The monoisotopic (exact) mass is 398 g/mol. The number of aliphatic imine (C=N–C) groups is 1. The third-order valence-electron chi connectivity index (χ3n) is 5.14. The molecule has 0 radical (unpaired) electrons. The molecule has 0 fully saturated rings. The summed E-state index contributed by atoms with van der Waals surface area (Å²) in [6.07, 6.45) is 0.747. The van der Waals surface area contributed by atoms with Gasteiger partial charge < -0.3 is 19.5 Å². The predicted octanol–water partition coefficient (Wildman–Crippen LogP) is 4.09. The SMILES string of the molecule is CCOC(=O)C1=C(C)NC(CC)=C(C2=NC(C)(C)CO2)C1c1ccccc1OC. The number of carbonyl (C=O) groups excluding carboxylic acids is 1. The molecule has 3 rings (SSSR count). The first-order chi connectivity index (χ1) is 13.8. The first kappa shape index (κ1) is 21.0. The van der Waals surface area contributed by atoms with Crippen LogP contribution in [-0.2, 0) is 14.3 Å². The van der Waals surface area contributed by atoms with Crippen LogP contribution in [0.4, 0.5) is 0 Å². The van der Waals surface area contributed by atoms with Crippen molar-refractivity contribution >= 4 is 11.9 Å². The van der Waals surface area contributed by atoms with E-state index in [0.29, 0.717) is 30.4 Å². The third kappa shape index (κ3) is 4.02. The number of para-hydroxylation sites is 1. The van der Waals surface area contributed by atoms with Crippen molar-refractivity contribution in [2.75, 3.05) is 20.3 Å². The van der Waals surface area contributed by atoms with Gasteiger partial charge in [0.15, 0.2) is 0 Å². The van der Waals surface area contributed by atoms with Crippen LogP contribution in [0.3, 0.4) is 0 Å². The number of rotatable bonds is 6. The van der Waals surface area contributed by atoms with Gasteiger partial charge in [0.05, 0.1) is 30.7 Å². The Morgan fingerprint density at radius 3 is 2.62 bits per heavy atom. The van der Waals surface area contributed by atoms with E-state index in [1.807, 2.05) is 52.0 Å². The van der Waals surface area contributed by atoms with E-state index < -0.39 is 5.92 Å². The number of benzene rings is 1. The second-order valence-corrected chi connectivity index (χ2v) is 7.82. The molecule has 1 atom stereocenters. The van der Waals surface area contributed by atoms with Crippen molar-refractivity contribution in [2.45, 2.75) is 52.5 Å². The number of hydrogen-bond acceptors (Lipinski definition) is 6. The van der Waals surface area contributed by atoms with Crippen molar-refractivity contribution in [3.05, 3.63) is 52.4 Å². The Labute approximate surface area is 172 Å². The van der Waals surface area contributed by atoms with Gasteiger partial charge in [-0.2, -0.15) is 0 Å². The minimum Gasteiger partial charge on any atom is -0.496 e. The van der Waals surface area contributed by atoms with Crippen LogP contribution < -0.4 is 10.1 Å². The summed E-state index contributed by atoms with van der Waals surface area (Å²) in [7, 11) is 1.64. The normalized spacial score (nSPS) is 20.8. The van der Waals surface area contributed by atoms with E-state index in [9.17, 15) is 4.79 Å². The summed E-state index contributed by atoms with van der Waals surface area (Å²) in [6.45, 7) is 10.7. The zero-order valence-corrected chi connectivity index (χ0v) is 18.1. The first-order valence-electron chi connectivity index (χ1n) is 10.1. The number of ether oxygens (including phenoxy) is 3. The van der Waals surface area contributed by atoms with E-state index in [0.717, 1.165) is 29.0 Å². The van der Waals surface area contributed by atoms with Gasteiger partial charge in [-0.05, 0) is 40.2 Å². The molecular weight excluding hydrogens is 368 g/mol. The molecule has 156 valence electrons. The highest BCUT2D eigenvalue weighted by molar-refractivity contribution is 6.03. The second kappa shape index (κ2) is 8.31. The highest BCUT2D eigenvalue weighted by atomic mass is 16.5. The predicted molar refractivity (Wildman–Crippen MR) is 113 cm³/mol. The largest absolute Gasteiger partial charge is 0.496 e. The molecule has 2 aliphatic heterocycles. The number of nitrogens with one attached hydrogen (secondary N) is 1. The summed E-state index contributed by atoms with van der Waals surface area (Å²) in [5.41, 5.74) is 3.76. The van der Waals surface area contributed by atoms with Gasteiger partial charge in [-0.25, -0.2) is 9.79 Å². The van der Waals surface area contributed by atoms with Crippen LogP contribution in [0.25, 0.3) is 0 Å². The third-order valence-corrected chi connectivity index (χ3v) is 5.14. The van der Waals surface area contributed by atoms with Crippen molar-refractivity contribution in [3.8, 4) is 5.75 Å². The molecule has 0 aromatic heterocycles. The molecule has 6 nitrogen and oxygen atoms in total. The fraction of sp³-hybridized carbons (Fsp3) is 0.478. The molecular formula is C23H30N2O4. The zero-order chi connectivity index (χ0) is 21.2. The van der Waals surface area contributed by atoms with Crippen LogP contribution in [0, 0.1) is 0 Å². The average Bonchev–Trinajstić information content (AvgIpc) is 3.06. The molecule has 0 aliphatic carbocycles. The van der Waals surface area contributed by atoms with Gasteiger partial charge in [0.2, 0.25) is 5.90 Å². The Morgan fingerprint density at radius 2 is 2.03 bits per heavy atom. The maximum absolute atomic E-state index is 13.0. The van der Waals surface area contributed by atoms with Gasteiger partial charge >= 0.3 is 5.97 Å². The summed E-state index contributed by atoms with van der Waals surface area (Å²) in [6, 6.07) is 7.75. The molecule has 0 saturated carbocycles. The molecule has 29 heavy (non-hydrogen) atoms. The van der Waals surface area contributed by atoms with Crippen molar-refractivity contribution < 1.29 is 19.0 Å². The van der Waals surface area contributed by atoms with Crippen molar-refractivity contribution in [1.29, 1.82) is 0 Å². The molecule has 6 heteroatoms. The van der Waals surface area contributed by atoms with Crippen LogP contribution in [0.15, 0.2) is 51.8 Å². The summed E-state index contributed by atoms with van der Waals surface area (Å²) in [4.78, 5) is 17.8. The number of nitrogens with zero attached hydrogens (tertiary/aromatic N) is 1. The number of esters is 1. The van der Waals surface area contributed by atoms with E-state index in [-0.39, 0.29) is 11.5 Å². The van der Waals surface area contributed by atoms with Gasteiger partial charge in [-0.3, -0.25) is 0 Å². The molecule has 0 saturated heterocycles. The minimum absolute atomic E-state index is 0.304. The van der Waals surface area contributed by atoms with Gasteiger partial charge in [0.1, 0.15) is 12.4 Å². The Kier molecular flexibility index (Phi) is 6.01. The summed E-state index contributed by atoms with van der Waals surface area (Å²) < 4.78 is 17.1. The number of dihydropyridines is 1. The number of methoxy groups -OCH3 is 1. The number of hydrogen-bond donors (Lipinski definition) is 1. The second-order valence-electron chi connectivity index (χ2n) is 7.82. The number of carbonyl (C=O) groups is 1. The number of allylic oxidation sites excluding steroid dienone is 2. The lowest BCUT2D eigenvalue weighted by Gasteiger charge is -2.32. The maximum atomic E-state index is 13.0. The molecule has 1 aromatic carbocycles. The smallest absolute Gasteiger partial charge is 0.336 e. The van der Waals surface area contributed by atoms with Crippen LogP contribution >= 0.6 is 0 Å². The molecule has 1 unspecified atom stereocenters. The first-order valence-corrected chi connectivity index (χ1v) is 10.1. The molecule has 1 aromatic rings. The van der Waals surface area contributed by atoms with Gasteiger partial charge in [0.25, 0.3) is 0 Å². The van der Waals surface area contributed by atoms with Gasteiger partial charge in [0, 0.05) is 22.5 Å². The molecule has 0 amide bonds. The average molecular weight is 399 g/mol. The fourth-order valence-corrected chi connectivity index (χ4v) is 3.85. The molecule has 2 heterocycles. The van der Waals surface area contributed by atoms with Crippen LogP contribution in [0.1, 0.15) is 52.5 Å². The standard InChI is InChI=1S/C23H30N2O4/c1-7-16-20(21-25-23(4,5)13-29-21)19(15-11-9-10-12-17(15)27-6)18(14(3)24-16)22(26)28-8-2/h9-12,19,24H,7-8,13H2,1-6H3. The Bertz CT molecular complexity index is 896. The molecule has 2 aliphatic rings. The topological polar surface area (TPSA) is 69.2 Å². The zero-order valence-electron chi connectivity index (χ0n) is 18.1. The lowest BCUT2D eigenvalue weighted by Crippen LogP contribution is -2.33. The molecule has 0 bridgehead atoms. The highest BCUT2D eigenvalue weighted by Crippen LogP contribution is 2.44. The van der Waals surface area contributed by atoms with E-state index in [2.05, 4.69) is 12.2 Å². The summed E-state index contributed by atoms with van der Waals surface area (Å²) >= 11 is 0. The Hall–Kier alpha value is -2.76. The van der Waals surface area contributed by atoms with E-state index in [4.69, 9.17) is 19.2 Å². The summed E-state index contributed by atoms with van der Waals surface area (Å²) in [5.74, 6) is 0.539. The van der Waals surface area contributed by atoms with E-state index >= 15 is 0 Å². The highest BCUT2D eigenvalue weighted by Gasteiger charge is 2.41. The summed E-state index contributed by atoms with van der Waals surface area (Å²) in [5, 5.41) is 3.40. The van der Waals surface area contributed by atoms with Crippen LogP contribution in [0.5, 0.6) is 5.75 Å². The van der Waals surface area contributed by atoms with Crippen LogP contribution in [0.2, 0.25) is 0 Å². The van der Waals surface area contributed by atoms with Crippen molar-refractivity contribution in [1.82, 2.24) is 5.32 Å². The minimum atomic E-state index is -0.394. The lowest BCUT2D eigenvalue weighted by molar-refractivity contribution is -0.138. The quantitative estimate of drug-likeness (QED) is 0.731. The lowest BCUT2D eigenvalue weighted by atomic mass is 9.79. The van der Waals surface area contributed by atoms with E-state index in [1.54, 1.807) is 7.11 Å². The maximum Gasteiger partial charge on any atom is 0.336 e. The van der Waals surface area contributed by atoms with Crippen molar-refractivity contribution in [2.24, 2.45) is 4.99 Å². The molecule has 0 spiro atoms. The van der Waals surface area contributed by atoms with Crippen LogP contribution in [-0.4, -0.2) is 37.7 Å². The molecule has 1 N–H and O–H groups in total. The van der Waals surface area contributed by atoms with Gasteiger partial charge in [-0.1, -0.05) is 25.1 Å².